The summed E-state index contributed by atoms with van der Waals surface area (Å²) in [5, 5.41) is 10.9. The standard InChI is InChI=1S/C23H19N3O6S/c24-8-7-15-1-4-17(5-2-15)30-13-21(27)25-9-10-26-22(28)20(33-23(26)29)12-16-3-6-18-19(11-16)32-14-31-18/h1-6,11-12H,7,9-10,13-14H2,(H,25,27)/b20-12+. The molecule has 2 heterocycles. The highest BCUT2D eigenvalue weighted by Crippen LogP contribution is 2.36. The van der Waals surface area contributed by atoms with E-state index in [4.69, 9.17) is 19.5 Å². The average molecular weight is 465 g/mol. The van der Waals surface area contributed by atoms with Crippen LogP contribution in [-0.4, -0.2) is 48.4 Å². The molecule has 4 rings (SSSR count). The van der Waals surface area contributed by atoms with Gasteiger partial charge in [0.05, 0.1) is 17.4 Å². The fourth-order valence-corrected chi connectivity index (χ4v) is 4.01. The number of imide groups is 1. The van der Waals surface area contributed by atoms with Gasteiger partial charge in [-0.2, -0.15) is 5.26 Å². The van der Waals surface area contributed by atoms with E-state index in [0.717, 1.165) is 27.8 Å². The van der Waals surface area contributed by atoms with Gasteiger partial charge in [-0.25, -0.2) is 0 Å². The minimum Gasteiger partial charge on any atom is -0.484 e. The Morgan fingerprint density at radius 1 is 1.18 bits per heavy atom. The summed E-state index contributed by atoms with van der Waals surface area (Å²) in [6.45, 7) is 0.112. The predicted molar refractivity (Wildman–Crippen MR) is 120 cm³/mol. The van der Waals surface area contributed by atoms with E-state index in [9.17, 15) is 14.4 Å². The van der Waals surface area contributed by atoms with Crippen molar-refractivity contribution in [2.24, 2.45) is 0 Å². The van der Waals surface area contributed by atoms with Crippen LogP contribution in [0.2, 0.25) is 0 Å². The minimum atomic E-state index is -0.411. The number of nitrogens with one attached hydrogen (secondary N) is 1. The molecule has 0 atom stereocenters. The summed E-state index contributed by atoms with van der Waals surface area (Å²) < 4.78 is 16.0. The van der Waals surface area contributed by atoms with Gasteiger partial charge >= 0.3 is 0 Å². The van der Waals surface area contributed by atoms with Gasteiger partial charge in [-0.1, -0.05) is 18.2 Å². The molecule has 10 heteroatoms. The first-order chi connectivity index (χ1) is 16.0. The maximum absolute atomic E-state index is 12.6. The van der Waals surface area contributed by atoms with Crippen LogP contribution in [0.3, 0.4) is 0 Å². The van der Waals surface area contributed by atoms with Crippen molar-refractivity contribution in [1.29, 1.82) is 5.26 Å². The molecule has 2 aromatic rings. The van der Waals surface area contributed by atoms with E-state index in [1.54, 1.807) is 48.5 Å². The number of hydrogen-bond acceptors (Lipinski definition) is 8. The lowest BCUT2D eigenvalue weighted by molar-refractivity contribution is -0.125. The van der Waals surface area contributed by atoms with Crippen molar-refractivity contribution >= 4 is 34.9 Å². The number of benzene rings is 2. The highest BCUT2D eigenvalue weighted by atomic mass is 32.2. The van der Waals surface area contributed by atoms with Gasteiger partial charge in [0.15, 0.2) is 18.1 Å². The molecule has 1 N–H and O–H groups in total. The van der Waals surface area contributed by atoms with Gasteiger partial charge in [-0.15, -0.1) is 0 Å². The van der Waals surface area contributed by atoms with Crippen molar-refractivity contribution in [2.75, 3.05) is 26.5 Å². The zero-order valence-electron chi connectivity index (χ0n) is 17.4. The van der Waals surface area contributed by atoms with Crippen LogP contribution in [0.15, 0.2) is 47.4 Å². The Labute approximate surface area is 193 Å². The SMILES string of the molecule is N#CCc1ccc(OCC(=O)NCCN2C(=O)S/C(=C/c3ccc4c(c3)OCO4)C2=O)cc1. The van der Waals surface area contributed by atoms with E-state index in [0.29, 0.717) is 28.6 Å². The van der Waals surface area contributed by atoms with Crippen LogP contribution >= 0.6 is 11.8 Å². The number of ether oxygens (including phenoxy) is 3. The molecule has 0 radical (unpaired) electrons. The van der Waals surface area contributed by atoms with Crippen molar-refractivity contribution in [1.82, 2.24) is 10.2 Å². The molecule has 1 fully saturated rings. The summed E-state index contributed by atoms with van der Waals surface area (Å²) in [6, 6.07) is 14.2. The number of nitrogens with zero attached hydrogens (tertiary/aromatic N) is 2. The lowest BCUT2D eigenvalue weighted by Crippen LogP contribution is -2.38. The Morgan fingerprint density at radius 3 is 2.76 bits per heavy atom. The Bertz CT molecular complexity index is 1160. The number of hydrogen-bond donors (Lipinski definition) is 1. The second kappa shape index (κ2) is 10.1. The average Bonchev–Trinajstić information content (AvgIpc) is 3.38. The van der Waals surface area contributed by atoms with Crippen LogP contribution in [0.5, 0.6) is 17.2 Å². The first-order valence-electron chi connectivity index (χ1n) is 10.0. The Morgan fingerprint density at radius 2 is 1.97 bits per heavy atom. The summed E-state index contributed by atoms with van der Waals surface area (Å²) in [6.07, 6.45) is 1.93. The number of carbonyl (C=O) groups excluding carboxylic acids is 3. The summed E-state index contributed by atoms with van der Waals surface area (Å²) in [7, 11) is 0. The zero-order valence-corrected chi connectivity index (χ0v) is 18.2. The zero-order chi connectivity index (χ0) is 23.2. The number of amides is 3. The molecule has 0 unspecified atom stereocenters. The van der Waals surface area contributed by atoms with Crippen LogP contribution in [0, 0.1) is 11.3 Å². The smallest absolute Gasteiger partial charge is 0.293 e. The third kappa shape index (κ3) is 5.45. The normalized spacial score (nSPS) is 15.6. The molecule has 2 aromatic carbocycles. The second-order valence-corrected chi connectivity index (χ2v) is 8.06. The van der Waals surface area contributed by atoms with Crippen LogP contribution < -0.4 is 19.5 Å². The van der Waals surface area contributed by atoms with Gasteiger partial charge < -0.3 is 19.5 Å². The molecule has 0 bridgehead atoms. The molecule has 0 aromatic heterocycles. The lowest BCUT2D eigenvalue weighted by atomic mass is 10.2. The van der Waals surface area contributed by atoms with E-state index in [-0.39, 0.29) is 32.4 Å². The van der Waals surface area contributed by atoms with E-state index in [2.05, 4.69) is 11.4 Å². The highest BCUT2D eigenvalue weighted by molar-refractivity contribution is 8.18. The quantitative estimate of drug-likeness (QED) is 0.592. The lowest BCUT2D eigenvalue weighted by Gasteiger charge is -2.13. The monoisotopic (exact) mass is 465 g/mol. The molecular formula is C23H19N3O6S. The molecular weight excluding hydrogens is 446 g/mol. The Kier molecular flexibility index (Phi) is 6.80. The Balaban J connectivity index is 1.24. The van der Waals surface area contributed by atoms with Crippen molar-refractivity contribution in [2.45, 2.75) is 6.42 Å². The second-order valence-electron chi connectivity index (χ2n) is 7.06. The molecule has 9 nitrogen and oxygen atoms in total. The van der Waals surface area contributed by atoms with Crippen molar-refractivity contribution in [3.8, 4) is 23.3 Å². The first kappa shape index (κ1) is 22.2. The topological polar surface area (TPSA) is 118 Å². The third-order valence-corrected chi connectivity index (χ3v) is 5.71. The van der Waals surface area contributed by atoms with Gasteiger partial charge in [0, 0.05) is 13.1 Å². The number of fused-ring (bicyclic) bond motifs is 1. The largest absolute Gasteiger partial charge is 0.484 e. The fraction of sp³-hybridized carbons (Fsp3) is 0.217. The molecule has 168 valence electrons. The van der Waals surface area contributed by atoms with E-state index < -0.39 is 11.1 Å². The number of rotatable bonds is 8. The van der Waals surface area contributed by atoms with Gasteiger partial charge in [0.1, 0.15) is 5.75 Å². The number of nitriles is 1. The van der Waals surface area contributed by atoms with E-state index >= 15 is 0 Å². The van der Waals surface area contributed by atoms with Crippen LogP contribution in [0.25, 0.3) is 6.08 Å². The van der Waals surface area contributed by atoms with E-state index in [1.165, 1.54) is 0 Å². The summed E-state index contributed by atoms with van der Waals surface area (Å²) >= 11 is 0.850. The Hall–Kier alpha value is -3.97. The van der Waals surface area contributed by atoms with Gasteiger partial charge in [0.25, 0.3) is 17.1 Å². The number of thioether (sulfide) groups is 1. The van der Waals surface area contributed by atoms with Crippen LogP contribution in [0.1, 0.15) is 11.1 Å². The fourth-order valence-electron chi connectivity index (χ4n) is 3.15. The molecule has 33 heavy (non-hydrogen) atoms. The first-order valence-corrected chi connectivity index (χ1v) is 10.9. The van der Waals surface area contributed by atoms with Gasteiger partial charge in [-0.3, -0.25) is 19.3 Å². The summed E-state index contributed by atoms with van der Waals surface area (Å²) in [4.78, 5) is 38.3. The minimum absolute atomic E-state index is 0.0533. The van der Waals surface area contributed by atoms with Crippen LogP contribution in [-0.2, 0) is 16.0 Å². The number of carbonyl (C=O) groups is 3. The molecule has 2 aliphatic rings. The van der Waals surface area contributed by atoms with Gasteiger partial charge in [-0.05, 0) is 53.2 Å². The summed E-state index contributed by atoms with van der Waals surface area (Å²) in [5.74, 6) is 0.943. The predicted octanol–water partition coefficient (Wildman–Crippen LogP) is 2.71. The maximum Gasteiger partial charge on any atom is 0.293 e. The summed E-state index contributed by atoms with van der Waals surface area (Å²) in [5.41, 5.74) is 1.58. The molecule has 2 aliphatic heterocycles. The molecule has 0 aliphatic carbocycles. The molecule has 3 amide bonds. The van der Waals surface area contributed by atoms with Gasteiger partial charge in [0.2, 0.25) is 6.79 Å². The van der Waals surface area contributed by atoms with Crippen molar-refractivity contribution < 1.29 is 28.6 Å². The highest BCUT2D eigenvalue weighted by Gasteiger charge is 2.34. The van der Waals surface area contributed by atoms with Crippen LogP contribution in [0.4, 0.5) is 4.79 Å². The molecule has 0 saturated carbocycles. The molecule has 1 saturated heterocycles. The van der Waals surface area contributed by atoms with Crippen molar-refractivity contribution in [3.63, 3.8) is 0 Å². The van der Waals surface area contributed by atoms with Crippen molar-refractivity contribution in [3.05, 3.63) is 58.5 Å². The maximum atomic E-state index is 12.6. The molecule has 0 spiro atoms. The third-order valence-electron chi connectivity index (χ3n) is 4.80. The van der Waals surface area contributed by atoms with E-state index in [1.807, 2.05) is 0 Å².